The van der Waals surface area contributed by atoms with Gasteiger partial charge in [-0.3, -0.25) is 9.59 Å². The van der Waals surface area contributed by atoms with Crippen molar-refractivity contribution in [2.45, 2.75) is 12.5 Å². The molecule has 0 spiro atoms. The lowest BCUT2D eigenvalue weighted by Crippen LogP contribution is -2.36. The molecule has 27 heavy (non-hydrogen) atoms. The van der Waals surface area contributed by atoms with E-state index in [1.165, 1.54) is 18.2 Å². The van der Waals surface area contributed by atoms with Gasteiger partial charge in [0.05, 0.1) is 11.3 Å². The van der Waals surface area contributed by atoms with E-state index in [0.29, 0.717) is 11.3 Å². The third-order valence-electron chi connectivity index (χ3n) is 4.03. The molecule has 6 nitrogen and oxygen atoms in total. The third kappa shape index (κ3) is 5.67. The standard InChI is InChI=1S/C19H20FN3O3.ClH/c20-15-6-2-3-7-16(15)23-18(24)12-26-17-8-4-1-5-14(17)19(25)22-13-9-10-21-11-13;/h1-8,13,21H,9-12H2,(H,22,25)(H,23,24);1H. The lowest BCUT2D eigenvalue weighted by atomic mass is 10.1. The average Bonchev–Trinajstić information content (AvgIpc) is 3.15. The minimum atomic E-state index is -0.522. The number of hydrogen-bond acceptors (Lipinski definition) is 4. The Kier molecular flexibility index (Phi) is 7.57. The van der Waals surface area contributed by atoms with Crippen molar-refractivity contribution in [2.75, 3.05) is 25.0 Å². The molecule has 1 heterocycles. The highest BCUT2D eigenvalue weighted by Gasteiger charge is 2.20. The van der Waals surface area contributed by atoms with Crippen LogP contribution in [0.1, 0.15) is 16.8 Å². The van der Waals surface area contributed by atoms with E-state index in [1.807, 2.05) is 0 Å². The monoisotopic (exact) mass is 393 g/mol. The molecule has 2 amide bonds. The summed E-state index contributed by atoms with van der Waals surface area (Å²) < 4.78 is 19.0. The lowest BCUT2D eigenvalue weighted by Gasteiger charge is -2.14. The maximum absolute atomic E-state index is 13.6. The smallest absolute Gasteiger partial charge is 0.262 e. The van der Waals surface area contributed by atoms with E-state index in [-0.39, 0.29) is 36.7 Å². The molecular formula is C19H21ClFN3O3. The number of halogens is 2. The van der Waals surface area contributed by atoms with Crippen LogP contribution in [-0.2, 0) is 4.79 Å². The van der Waals surface area contributed by atoms with E-state index in [2.05, 4.69) is 16.0 Å². The molecule has 8 heteroatoms. The summed E-state index contributed by atoms with van der Waals surface area (Å²) in [7, 11) is 0. The van der Waals surface area contributed by atoms with Crippen molar-refractivity contribution in [3.63, 3.8) is 0 Å². The number of rotatable bonds is 6. The van der Waals surface area contributed by atoms with Gasteiger partial charge in [-0.2, -0.15) is 0 Å². The van der Waals surface area contributed by atoms with Gasteiger partial charge in [0.25, 0.3) is 11.8 Å². The fourth-order valence-electron chi connectivity index (χ4n) is 2.71. The zero-order chi connectivity index (χ0) is 18.4. The molecule has 1 aliphatic rings. The molecule has 0 bridgehead atoms. The Bertz CT molecular complexity index is 797. The van der Waals surface area contributed by atoms with Gasteiger partial charge >= 0.3 is 0 Å². The van der Waals surface area contributed by atoms with E-state index in [4.69, 9.17) is 4.74 Å². The van der Waals surface area contributed by atoms with Crippen molar-refractivity contribution in [1.82, 2.24) is 10.6 Å². The minimum Gasteiger partial charge on any atom is -0.483 e. The summed E-state index contributed by atoms with van der Waals surface area (Å²) in [5, 5.41) is 8.56. The van der Waals surface area contributed by atoms with Crippen LogP contribution >= 0.6 is 12.4 Å². The van der Waals surface area contributed by atoms with Crippen molar-refractivity contribution in [3.05, 3.63) is 59.9 Å². The van der Waals surface area contributed by atoms with Crippen LogP contribution in [-0.4, -0.2) is 37.6 Å². The molecule has 1 saturated heterocycles. The van der Waals surface area contributed by atoms with Crippen LogP contribution in [0.25, 0.3) is 0 Å². The third-order valence-corrected chi connectivity index (χ3v) is 4.03. The molecule has 0 aromatic heterocycles. The molecule has 2 aromatic rings. The van der Waals surface area contributed by atoms with Crippen LogP contribution in [0.2, 0.25) is 0 Å². The molecule has 0 saturated carbocycles. The number of amides is 2. The van der Waals surface area contributed by atoms with Crippen molar-refractivity contribution < 1.29 is 18.7 Å². The molecule has 0 aliphatic carbocycles. The summed E-state index contributed by atoms with van der Waals surface area (Å²) in [4.78, 5) is 24.4. The number of nitrogens with one attached hydrogen (secondary N) is 3. The highest BCUT2D eigenvalue weighted by molar-refractivity contribution is 5.97. The molecular weight excluding hydrogens is 373 g/mol. The second kappa shape index (κ2) is 9.89. The first-order valence-corrected chi connectivity index (χ1v) is 8.41. The van der Waals surface area contributed by atoms with E-state index >= 15 is 0 Å². The number of para-hydroxylation sites is 2. The first kappa shape index (κ1) is 20.7. The predicted octanol–water partition coefficient (Wildman–Crippen LogP) is 2.36. The summed E-state index contributed by atoms with van der Waals surface area (Å²) in [6.07, 6.45) is 0.875. The molecule has 1 unspecified atom stereocenters. The summed E-state index contributed by atoms with van der Waals surface area (Å²) in [6, 6.07) is 12.7. The van der Waals surface area contributed by atoms with Crippen molar-refractivity contribution in [1.29, 1.82) is 0 Å². The van der Waals surface area contributed by atoms with Gasteiger partial charge in [0.1, 0.15) is 11.6 Å². The first-order chi connectivity index (χ1) is 12.6. The first-order valence-electron chi connectivity index (χ1n) is 8.41. The van der Waals surface area contributed by atoms with Crippen LogP contribution in [0.4, 0.5) is 10.1 Å². The number of carbonyl (C=O) groups is 2. The Hall–Kier alpha value is -2.64. The molecule has 1 fully saturated rings. The Morgan fingerprint density at radius 2 is 1.89 bits per heavy atom. The van der Waals surface area contributed by atoms with Gasteiger partial charge in [0, 0.05) is 12.6 Å². The van der Waals surface area contributed by atoms with Gasteiger partial charge in [-0.15, -0.1) is 12.4 Å². The van der Waals surface area contributed by atoms with Gasteiger partial charge in [0.2, 0.25) is 0 Å². The second-order valence-electron chi connectivity index (χ2n) is 5.98. The van der Waals surface area contributed by atoms with Crippen molar-refractivity contribution >= 4 is 29.9 Å². The zero-order valence-corrected chi connectivity index (χ0v) is 15.4. The lowest BCUT2D eigenvalue weighted by molar-refractivity contribution is -0.118. The maximum atomic E-state index is 13.6. The Balaban J connectivity index is 0.00000261. The molecule has 144 valence electrons. The molecule has 3 N–H and O–H groups in total. The average molecular weight is 394 g/mol. The summed E-state index contributed by atoms with van der Waals surface area (Å²) in [5.41, 5.74) is 0.443. The van der Waals surface area contributed by atoms with Crippen LogP contribution in [0.5, 0.6) is 5.75 Å². The summed E-state index contributed by atoms with van der Waals surface area (Å²) >= 11 is 0. The van der Waals surface area contributed by atoms with E-state index in [1.54, 1.807) is 30.3 Å². The molecule has 0 radical (unpaired) electrons. The van der Waals surface area contributed by atoms with E-state index in [9.17, 15) is 14.0 Å². The predicted molar refractivity (Wildman–Crippen MR) is 103 cm³/mol. The van der Waals surface area contributed by atoms with Gasteiger partial charge in [-0.05, 0) is 37.2 Å². The largest absolute Gasteiger partial charge is 0.483 e. The Labute approximate surface area is 162 Å². The van der Waals surface area contributed by atoms with Crippen LogP contribution in [0.15, 0.2) is 48.5 Å². The minimum absolute atomic E-state index is 0. The van der Waals surface area contributed by atoms with Gasteiger partial charge < -0.3 is 20.7 Å². The number of anilines is 1. The number of carbonyl (C=O) groups excluding carboxylic acids is 2. The number of ether oxygens (including phenoxy) is 1. The van der Waals surface area contributed by atoms with Crippen molar-refractivity contribution in [3.8, 4) is 5.75 Å². The highest BCUT2D eigenvalue weighted by Crippen LogP contribution is 2.19. The SMILES string of the molecule is Cl.O=C(COc1ccccc1C(=O)NC1CCNC1)Nc1ccccc1F. The van der Waals surface area contributed by atoms with E-state index < -0.39 is 11.7 Å². The maximum Gasteiger partial charge on any atom is 0.262 e. The fourth-order valence-corrected chi connectivity index (χ4v) is 2.71. The highest BCUT2D eigenvalue weighted by atomic mass is 35.5. The molecule has 2 aromatic carbocycles. The van der Waals surface area contributed by atoms with Crippen LogP contribution in [0.3, 0.4) is 0 Å². The Morgan fingerprint density at radius 3 is 2.63 bits per heavy atom. The number of benzene rings is 2. The molecule has 1 aliphatic heterocycles. The normalized spacial score (nSPS) is 15.5. The Morgan fingerprint density at radius 1 is 1.15 bits per heavy atom. The van der Waals surface area contributed by atoms with E-state index in [0.717, 1.165) is 19.5 Å². The quantitative estimate of drug-likeness (QED) is 0.704. The fraction of sp³-hybridized carbons (Fsp3) is 0.263. The topological polar surface area (TPSA) is 79.5 Å². The molecule has 1 atom stereocenters. The van der Waals surface area contributed by atoms with Crippen LogP contribution < -0.4 is 20.7 Å². The van der Waals surface area contributed by atoms with Gasteiger partial charge in [0.15, 0.2) is 6.61 Å². The summed E-state index contributed by atoms with van der Waals surface area (Å²) in [6.45, 7) is 1.28. The van der Waals surface area contributed by atoms with Gasteiger partial charge in [-0.1, -0.05) is 24.3 Å². The van der Waals surface area contributed by atoms with Gasteiger partial charge in [-0.25, -0.2) is 4.39 Å². The summed E-state index contributed by atoms with van der Waals surface area (Å²) in [5.74, 6) is -0.973. The van der Waals surface area contributed by atoms with Crippen molar-refractivity contribution in [2.24, 2.45) is 0 Å². The van der Waals surface area contributed by atoms with Crippen LogP contribution in [0, 0.1) is 5.82 Å². The molecule has 3 rings (SSSR count). The number of hydrogen-bond donors (Lipinski definition) is 3. The second-order valence-corrected chi connectivity index (χ2v) is 5.98. The zero-order valence-electron chi connectivity index (χ0n) is 14.5.